The average molecular weight is 213 g/mol. The van der Waals surface area contributed by atoms with Crippen LogP contribution in [0.5, 0.6) is 0 Å². The zero-order valence-electron chi connectivity index (χ0n) is 10.8. The minimum atomic E-state index is -0.502. The first kappa shape index (κ1) is 13.0. The molecule has 1 atom stereocenters. The van der Waals surface area contributed by atoms with Crippen molar-refractivity contribution in [2.45, 2.75) is 59.0 Å². The fourth-order valence-corrected chi connectivity index (χ4v) is 2.58. The van der Waals surface area contributed by atoms with Crippen LogP contribution in [0.1, 0.15) is 53.4 Å². The van der Waals surface area contributed by atoms with Gasteiger partial charge in [-0.2, -0.15) is 0 Å². The first-order chi connectivity index (χ1) is 6.97. The topological polar surface area (TPSA) is 23.5 Å². The molecule has 2 heteroatoms. The lowest BCUT2D eigenvalue weighted by Gasteiger charge is -2.30. The molecule has 0 spiro atoms. The maximum Gasteiger partial charge on any atom is 0.0743 e. The van der Waals surface area contributed by atoms with Crippen LogP contribution in [0.2, 0.25) is 0 Å². The molecule has 1 aliphatic heterocycles. The lowest BCUT2D eigenvalue weighted by atomic mass is 9.82. The Hall–Kier alpha value is -0.0800. The fourth-order valence-electron chi connectivity index (χ4n) is 2.58. The highest BCUT2D eigenvalue weighted by molar-refractivity contribution is 4.90. The number of hydrogen-bond donors (Lipinski definition) is 1. The van der Waals surface area contributed by atoms with E-state index >= 15 is 0 Å². The van der Waals surface area contributed by atoms with Crippen molar-refractivity contribution < 1.29 is 5.11 Å². The summed E-state index contributed by atoms with van der Waals surface area (Å²) in [6.07, 6.45) is 4.69. The van der Waals surface area contributed by atoms with E-state index in [0.29, 0.717) is 5.41 Å². The second kappa shape index (κ2) is 4.84. The Labute approximate surface area is 94.7 Å². The Morgan fingerprint density at radius 1 is 1.27 bits per heavy atom. The molecule has 1 N–H and O–H groups in total. The van der Waals surface area contributed by atoms with Crippen LogP contribution in [0.15, 0.2) is 0 Å². The summed E-state index contributed by atoms with van der Waals surface area (Å²) in [5.74, 6) is 0. The zero-order valence-corrected chi connectivity index (χ0v) is 10.8. The van der Waals surface area contributed by atoms with Crippen LogP contribution < -0.4 is 0 Å². The van der Waals surface area contributed by atoms with E-state index in [-0.39, 0.29) is 0 Å². The summed E-state index contributed by atoms with van der Waals surface area (Å²) in [4.78, 5) is 2.44. The smallest absolute Gasteiger partial charge is 0.0743 e. The molecule has 1 aliphatic rings. The normalized spacial score (nSPS) is 25.4. The van der Waals surface area contributed by atoms with Gasteiger partial charge in [0.15, 0.2) is 0 Å². The molecule has 0 aliphatic carbocycles. The predicted octanol–water partition coefficient (Wildman–Crippen LogP) is 2.66. The summed E-state index contributed by atoms with van der Waals surface area (Å²) in [6.45, 7) is 11.8. The van der Waals surface area contributed by atoms with Crippen molar-refractivity contribution in [3.63, 3.8) is 0 Å². The average Bonchev–Trinajstić information content (AvgIpc) is 2.62. The molecule has 1 rings (SSSR count). The molecule has 15 heavy (non-hydrogen) atoms. The van der Waals surface area contributed by atoms with Gasteiger partial charge >= 0.3 is 0 Å². The molecule has 0 bridgehead atoms. The van der Waals surface area contributed by atoms with Gasteiger partial charge in [0, 0.05) is 13.1 Å². The minimum Gasteiger partial charge on any atom is -0.389 e. The largest absolute Gasteiger partial charge is 0.389 e. The third-order valence-electron chi connectivity index (χ3n) is 4.34. The van der Waals surface area contributed by atoms with Crippen LogP contribution in [0, 0.1) is 5.41 Å². The Kier molecular flexibility index (Phi) is 4.19. The molecule has 1 saturated heterocycles. The fraction of sp³-hybridized carbons (Fsp3) is 1.00. The molecule has 0 aromatic rings. The van der Waals surface area contributed by atoms with Gasteiger partial charge in [0.05, 0.1) is 5.60 Å². The van der Waals surface area contributed by atoms with Crippen molar-refractivity contribution in [3.8, 4) is 0 Å². The van der Waals surface area contributed by atoms with E-state index in [9.17, 15) is 5.11 Å². The highest BCUT2D eigenvalue weighted by Gasteiger charge is 2.36. The Bertz CT molecular complexity index is 197. The minimum absolute atomic E-state index is 0.502. The van der Waals surface area contributed by atoms with Gasteiger partial charge in [0.2, 0.25) is 0 Å². The molecular formula is C13H27NO. The summed E-state index contributed by atoms with van der Waals surface area (Å²) in [6, 6.07) is 0. The van der Waals surface area contributed by atoms with Gasteiger partial charge in [-0.25, -0.2) is 0 Å². The summed E-state index contributed by atoms with van der Waals surface area (Å²) in [5, 5.41) is 10.1. The monoisotopic (exact) mass is 213 g/mol. The lowest BCUT2D eigenvalue weighted by molar-refractivity contribution is 0.0196. The number of β-amino-alcohol motifs (C(OH)–C–C–N with tert-alkyl or cyclic N) is 1. The third kappa shape index (κ3) is 3.18. The van der Waals surface area contributed by atoms with Crippen molar-refractivity contribution in [1.29, 1.82) is 0 Å². The van der Waals surface area contributed by atoms with Crippen molar-refractivity contribution in [3.05, 3.63) is 0 Å². The maximum absolute atomic E-state index is 10.1. The second-order valence-corrected chi connectivity index (χ2v) is 5.52. The molecule has 1 fully saturated rings. The summed E-state index contributed by atoms with van der Waals surface area (Å²) in [5.41, 5.74) is 0.0292. The highest BCUT2D eigenvalue weighted by atomic mass is 16.3. The number of nitrogens with zero attached hydrogens (tertiary/aromatic N) is 1. The van der Waals surface area contributed by atoms with Crippen molar-refractivity contribution in [1.82, 2.24) is 4.90 Å². The molecular weight excluding hydrogens is 186 g/mol. The Morgan fingerprint density at radius 3 is 2.27 bits per heavy atom. The van der Waals surface area contributed by atoms with Gasteiger partial charge < -0.3 is 5.11 Å². The molecule has 0 saturated carbocycles. The summed E-state index contributed by atoms with van der Waals surface area (Å²) in [7, 11) is 0. The van der Waals surface area contributed by atoms with Gasteiger partial charge in [-0.15, -0.1) is 0 Å². The number of hydrogen-bond acceptors (Lipinski definition) is 2. The van der Waals surface area contributed by atoms with E-state index in [1.807, 2.05) is 6.92 Å². The number of likely N-dealkylation sites (tertiary alicyclic amines) is 1. The van der Waals surface area contributed by atoms with Crippen molar-refractivity contribution >= 4 is 0 Å². The van der Waals surface area contributed by atoms with Crippen LogP contribution in [-0.4, -0.2) is 35.2 Å². The summed E-state index contributed by atoms with van der Waals surface area (Å²) >= 11 is 0. The SMILES string of the molecule is CCC(C)(O)CN1CCC(CC)(CC)C1. The van der Waals surface area contributed by atoms with Crippen LogP contribution >= 0.6 is 0 Å². The molecule has 2 nitrogen and oxygen atoms in total. The van der Waals surface area contributed by atoms with E-state index in [1.54, 1.807) is 0 Å². The van der Waals surface area contributed by atoms with Crippen molar-refractivity contribution in [2.75, 3.05) is 19.6 Å². The standard InChI is InChI=1S/C13H27NO/c1-5-12(4,15)10-14-9-8-13(6-2,7-3)11-14/h15H,5-11H2,1-4H3. The molecule has 1 unspecified atom stereocenters. The lowest BCUT2D eigenvalue weighted by Crippen LogP contribution is -2.40. The van der Waals surface area contributed by atoms with Gasteiger partial charge in [-0.3, -0.25) is 4.90 Å². The van der Waals surface area contributed by atoms with Gasteiger partial charge in [0.1, 0.15) is 0 Å². The summed E-state index contributed by atoms with van der Waals surface area (Å²) < 4.78 is 0. The first-order valence-electron chi connectivity index (χ1n) is 6.41. The van der Waals surface area contributed by atoms with Crippen LogP contribution in [0.25, 0.3) is 0 Å². The first-order valence-corrected chi connectivity index (χ1v) is 6.41. The molecule has 0 aromatic carbocycles. The number of aliphatic hydroxyl groups is 1. The van der Waals surface area contributed by atoms with Gasteiger partial charge in [-0.05, 0) is 44.6 Å². The van der Waals surface area contributed by atoms with Gasteiger partial charge in [-0.1, -0.05) is 20.8 Å². The second-order valence-electron chi connectivity index (χ2n) is 5.52. The quantitative estimate of drug-likeness (QED) is 0.759. The van der Waals surface area contributed by atoms with Crippen LogP contribution in [0.4, 0.5) is 0 Å². The molecule has 0 radical (unpaired) electrons. The van der Waals surface area contributed by atoms with E-state index < -0.39 is 5.60 Å². The number of rotatable bonds is 5. The molecule has 1 heterocycles. The van der Waals surface area contributed by atoms with Crippen molar-refractivity contribution in [2.24, 2.45) is 5.41 Å². The van der Waals surface area contributed by atoms with E-state index in [0.717, 1.165) is 19.5 Å². The zero-order chi connectivity index (χ0) is 11.5. The Balaban J connectivity index is 2.49. The molecule has 0 amide bonds. The highest BCUT2D eigenvalue weighted by Crippen LogP contribution is 2.37. The molecule has 90 valence electrons. The third-order valence-corrected chi connectivity index (χ3v) is 4.34. The van der Waals surface area contributed by atoms with Gasteiger partial charge in [0.25, 0.3) is 0 Å². The van der Waals surface area contributed by atoms with E-state index in [1.165, 1.54) is 25.8 Å². The van der Waals surface area contributed by atoms with Crippen LogP contribution in [0.3, 0.4) is 0 Å². The van der Waals surface area contributed by atoms with E-state index in [2.05, 4.69) is 25.7 Å². The van der Waals surface area contributed by atoms with E-state index in [4.69, 9.17) is 0 Å². The predicted molar refractivity (Wildman–Crippen MR) is 65.0 cm³/mol. The van der Waals surface area contributed by atoms with Crippen LogP contribution in [-0.2, 0) is 0 Å². The maximum atomic E-state index is 10.1. The Morgan fingerprint density at radius 2 is 1.87 bits per heavy atom. The molecule has 0 aromatic heterocycles.